The molecule has 0 unspecified atom stereocenters. The van der Waals surface area contributed by atoms with Crippen LogP contribution in [-0.2, 0) is 0 Å². The number of nitrogens with one attached hydrogen (secondary N) is 1. The molecule has 0 bridgehead atoms. The van der Waals surface area contributed by atoms with E-state index >= 15 is 0 Å². The van der Waals surface area contributed by atoms with Crippen molar-refractivity contribution in [3.05, 3.63) is 52.2 Å². The number of nitrogens with zero attached hydrogens (tertiary/aromatic N) is 2. The van der Waals surface area contributed by atoms with E-state index in [4.69, 9.17) is 0 Å². The van der Waals surface area contributed by atoms with E-state index in [2.05, 4.69) is 10.2 Å². The molecule has 1 aliphatic heterocycles. The van der Waals surface area contributed by atoms with Crippen LogP contribution in [0.2, 0.25) is 0 Å². The molecule has 26 heavy (non-hydrogen) atoms. The van der Waals surface area contributed by atoms with Gasteiger partial charge in [0.2, 0.25) is 0 Å². The maximum atomic E-state index is 12.8. The van der Waals surface area contributed by atoms with Gasteiger partial charge in [-0.25, -0.2) is 0 Å². The van der Waals surface area contributed by atoms with Crippen LogP contribution < -0.4 is 5.32 Å². The maximum absolute atomic E-state index is 12.8. The number of amides is 2. The Morgan fingerprint density at radius 1 is 1.15 bits per heavy atom. The van der Waals surface area contributed by atoms with Crippen molar-refractivity contribution in [1.82, 2.24) is 15.1 Å². The molecule has 0 radical (unpaired) electrons. The van der Waals surface area contributed by atoms with Gasteiger partial charge in [-0.15, -0.1) is 11.8 Å². The first kappa shape index (κ1) is 18.9. The summed E-state index contributed by atoms with van der Waals surface area (Å²) in [5.74, 6) is 0.0918. The summed E-state index contributed by atoms with van der Waals surface area (Å²) in [5.41, 5.74) is 1.51. The molecule has 2 amide bonds. The second-order valence-electron chi connectivity index (χ2n) is 6.10. The van der Waals surface area contributed by atoms with Gasteiger partial charge in [0.15, 0.2) is 0 Å². The summed E-state index contributed by atoms with van der Waals surface area (Å²) < 4.78 is 0. The van der Waals surface area contributed by atoms with Gasteiger partial charge in [0.25, 0.3) is 11.8 Å². The van der Waals surface area contributed by atoms with Gasteiger partial charge in [-0.3, -0.25) is 14.5 Å². The highest BCUT2D eigenvalue weighted by Gasteiger charge is 2.23. The van der Waals surface area contributed by atoms with E-state index in [1.165, 1.54) is 11.3 Å². The molecule has 3 rings (SSSR count). The second-order valence-corrected chi connectivity index (χ2v) is 7.73. The van der Waals surface area contributed by atoms with Crippen molar-refractivity contribution < 1.29 is 9.59 Å². The van der Waals surface area contributed by atoms with Gasteiger partial charge in [0.05, 0.1) is 5.56 Å². The quantitative estimate of drug-likeness (QED) is 0.772. The molecule has 1 aromatic carbocycles. The minimum absolute atomic E-state index is 0.0197. The average molecular weight is 390 g/mol. The van der Waals surface area contributed by atoms with Crippen LogP contribution >= 0.6 is 23.1 Å². The molecule has 1 N–H and O–H groups in total. The Morgan fingerprint density at radius 3 is 2.62 bits per heavy atom. The highest BCUT2D eigenvalue weighted by molar-refractivity contribution is 7.98. The van der Waals surface area contributed by atoms with Crippen LogP contribution in [-0.4, -0.2) is 67.1 Å². The molecular formula is C19H23N3O2S2. The SMILES string of the molecule is CSc1ccccc1C(=O)N1CCN(CCNC(=O)c2ccsc2)CC1. The number of rotatable bonds is 6. The molecule has 7 heteroatoms. The van der Waals surface area contributed by atoms with E-state index in [-0.39, 0.29) is 11.8 Å². The Balaban J connectivity index is 1.44. The van der Waals surface area contributed by atoms with Gasteiger partial charge in [-0.2, -0.15) is 11.3 Å². The average Bonchev–Trinajstić information content (AvgIpc) is 3.23. The van der Waals surface area contributed by atoms with Crippen molar-refractivity contribution in [1.29, 1.82) is 0 Å². The molecule has 138 valence electrons. The molecular weight excluding hydrogens is 366 g/mol. The van der Waals surface area contributed by atoms with Gasteiger partial charge >= 0.3 is 0 Å². The van der Waals surface area contributed by atoms with Crippen LogP contribution in [0.5, 0.6) is 0 Å². The van der Waals surface area contributed by atoms with Crippen molar-refractivity contribution in [3.8, 4) is 0 Å². The molecule has 0 spiro atoms. The van der Waals surface area contributed by atoms with Crippen molar-refractivity contribution in [2.45, 2.75) is 4.90 Å². The summed E-state index contributed by atoms with van der Waals surface area (Å²) in [6, 6.07) is 9.60. The third-order valence-corrected chi connectivity index (χ3v) is 5.97. The van der Waals surface area contributed by atoms with Crippen LogP contribution in [0.15, 0.2) is 46.0 Å². The molecule has 1 aliphatic rings. The molecule has 1 fully saturated rings. The van der Waals surface area contributed by atoms with Crippen LogP contribution in [0.25, 0.3) is 0 Å². The first-order chi connectivity index (χ1) is 12.7. The number of piperazine rings is 1. The molecule has 2 heterocycles. The summed E-state index contributed by atoms with van der Waals surface area (Å²) in [5, 5.41) is 6.71. The number of carbonyl (C=O) groups is 2. The standard InChI is InChI=1S/C19H23N3O2S2/c1-25-17-5-3-2-4-16(17)19(24)22-11-9-21(10-12-22)8-7-20-18(23)15-6-13-26-14-15/h2-6,13-14H,7-12H2,1H3,(H,20,23). The Labute approximate surface area is 162 Å². The molecule has 0 saturated carbocycles. The Bertz CT molecular complexity index is 741. The number of benzene rings is 1. The lowest BCUT2D eigenvalue weighted by molar-refractivity contribution is 0.0634. The van der Waals surface area contributed by atoms with E-state index in [0.717, 1.165) is 48.7 Å². The Hall–Kier alpha value is -1.83. The second kappa shape index (κ2) is 9.21. The van der Waals surface area contributed by atoms with Crippen molar-refractivity contribution in [2.24, 2.45) is 0 Å². The van der Waals surface area contributed by atoms with Gasteiger partial charge in [0.1, 0.15) is 0 Å². The van der Waals surface area contributed by atoms with Gasteiger partial charge in [-0.05, 0) is 29.8 Å². The van der Waals surface area contributed by atoms with E-state index in [0.29, 0.717) is 6.54 Å². The van der Waals surface area contributed by atoms with Crippen LogP contribution in [0, 0.1) is 0 Å². The smallest absolute Gasteiger partial charge is 0.255 e. The largest absolute Gasteiger partial charge is 0.351 e. The fraction of sp³-hybridized carbons (Fsp3) is 0.368. The number of hydrogen-bond acceptors (Lipinski definition) is 5. The predicted molar refractivity (Wildman–Crippen MR) is 107 cm³/mol. The maximum Gasteiger partial charge on any atom is 0.255 e. The van der Waals surface area contributed by atoms with Crippen molar-refractivity contribution in [2.75, 3.05) is 45.5 Å². The highest BCUT2D eigenvalue weighted by Crippen LogP contribution is 2.21. The fourth-order valence-electron chi connectivity index (χ4n) is 2.99. The molecule has 1 aromatic heterocycles. The predicted octanol–water partition coefficient (Wildman–Crippen LogP) is 2.66. The third kappa shape index (κ3) is 4.66. The molecule has 0 aliphatic carbocycles. The molecule has 5 nitrogen and oxygen atoms in total. The van der Waals surface area contributed by atoms with E-state index in [1.807, 2.05) is 52.2 Å². The molecule has 1 saturated heterocycles. The van der Waals surface area contributed by atoms with E-state index in [9.17, 15) is 9.59 Å². The number of thioether (sulfide) groups is 1. The highest BCUT2D eigenvalue weighted by atomic mass is 32.2. The van der Waals surface area contributed by atoms with Gasteiger partial charge in [0, 0.05) is 55.1 Å². The lowest BCUT2D eigenvalue weighted by Crippen LogP contribution is -2.50. The summed E-state index contributed by atoms with van der Waals surface area (Å²) in [4.78, 5) is 29.9. The number of thiophene rings is 1. The lowest BCUT2D eigenvalue weighted by atomic mass is 10.2. The molecule has 0 atom stereocenters. The summed E-state index contributed by atoms with van der Waals surface area (Å²) >= 11 is 3.13. The molecule has 2 aromatic rings. The minimum atomic E-state index is -0.0197. The van der Waals surface area contributed by atoms with Crippen LogP contribution in [0.1, 0.15) is 20.7 Å². The normalized spacial score (nSPS) is 15.0. The number of hydrogen-bond donors (Lipinski definition) is 1. The lowest BCUT2D eigenvalue weighted by Gasteiger charge is -2.35. The topological polar surface area (TPSA) is 52.7 Å². The first-order valence-electron chi connectivity index (χ1n) is 8.64. The number of carbonyl (C=O) groups excluding carboxylic acids is 2. The Kier molecular flexibility index (Phi) is 6.71. The van der Waals surface area contributed by atoms with E-state index in [1.54, 1.807) is 11.8 Å². The first-order valence-corrected chi connectivity index (χ1v) is 10.8. The van der Waals surface area contributed by atoms with Crippen LogP contribution in [0.4, 0.5) is 0 Å². The third-order valence-electron chi connectivity index (χ3n) is 4.49. The fourth-order valence-corrected chi connectivity index (χ4v) is 4.22. The van der Waals surface area contributed by atoms with Gasteiger partial charge in [-0.1, -0.05) is 12.1 Å². The summed E-state index contributed by atoms with van der Waals surface area (Å²) in [6.07, 6.45) is 1.99. The zero-order valence-electron chi connectivity index (χ0n) is 14.8. The summed E-state index contributed by atoms with van der Waals surface area (Å²) in [7, 11) is 0. The zero-order chi connectivity index (χ0) is 18.4. The summed E-state index contributed by atoms with van der Waals surface area (Å²) in [6.45, 7) is 4.54. The Morgan fingerprint density at radius 2 is 1.92 bits per heavy atom. The van der Waals surface area contributed by atoms with Crippen molar-refractivity contribution in [3.63, 3.8) is 0 Å². The monoisotopic (exact) mass is 389 g/mol. The van der Waals surface area contributed by atoms with Gasteiger partial charge < -0.3 is 10.2 Å². The van der Waals surface area contributed by atoms with E-state index < -0.39 is 0 Å². The zero-order valence-corrected chi connectivity index (χ0v) is 16.4. The van der Waals surface area contributed by atoms with Crippen LogP contribution in [0.3, 0.4) is 0 Å². The minimum Gasteiger partial charge on any atom is -0.351 e. The van der Waals surface area contributed by atoms with Crippen molar-refractivity contribution >= 4 is 34.9 Å².